The first-order valence-corrected chi connectivity index (χ1v) is 6.64. The van der Waals surface area contributed by atoms with E-state index in [0.717, 1.165) is 32.6 Å². The predicted octanol–water partition coefficient (Wildman–Crippen LogP) is 0.328. The van der Waals surface area contributed by atoms with Crippen LogP contribution in [0.2, 0.25) is 0 Å². The number of amides is 1. The molecule has 5 heteroatoms. The van der Waals surface area contributed by atoms with Gasteiger partial charge in [0.25, 0.3) is 0 Å². The topological polar surface area (TPSA) is 53.0 Å². The molecule has 1 fully saturated rings. The second-order valence-corrected chi connectivity index (χ2v) is 5.57. The zero-order valence-corrected chi connectivity index (χ0v) is 11.8. The molecule has 1 aliphatic rings. The van der Waals surface area contributed by atoms with Gasteiger partial charge in [0.15, 0.2) is 0 Å². The zero-order valence-electron chi connectivity index (χ0n) is 11.8. The number of β-amino-alcohol motifs (C(OH)–C–C–N with tert-alkyl or cyclic N) is 1. The Morgan fingerprint density at radius 3 is 2.39 bits per heavy atom. The van der Waals surface area contributed by atoms with Gasteiger partial charge in [-0.25, -0.2) is 0 Å². The SMILES string of the molecule is COCCCC(=O)N1CCN(CC(C)(C)O)CC1. The van der Waals surface area contributed by atoms with Crippen LogP contribution in [-0.4, -0.2) is 72.9 Å². The van der Waals surface area contributed by atoms with E-state index in [2.05, 4.69) is 4.90 Å². The average Bonchev–Trinajstić information content (AvgIpc) is 2.28. The molecule has 0 atom stereocenters. The van der Waals surface area contributed by atoms with Gasteiger partial charge in [0, 0.05) is 52.9 Å². The van der Waals surface area contributed by atoms with E-state index in [9.17, 15) is 9.90 Å². The van der Waals surface area contributed by atoms with Gasteiger partial charge in [-0.3, -0.25) is 9.69 Å². The van der Waals surface area contributed by atoms with Gasteiger partial charge in [0.2, 0.25) is 5.91 Å². The van der Waals surface area contributed by atoms with Crippen molar-refractivity contribution in [1.82, 2.24) is 9.80 Å². The predicted molar refractivity (Wildman–Crippen MR) is 70.4 cm³/mol. The maximum atomic E-state index is 11.9. The maximum absolute atomic E-state index is 11.9. The summed E-state index contributed by atoms with van der Waals surface area (Å²) in [6, 6.07) is 0. The minimum atomic E-state index is -0.662. The summed E-state index contributed by atoms with van der Waals surface area (Å²) in [6.07, 6.45) is 1.36. The summed E-state index contributed by atoms with van der Waals surface area (Å²) in [5.74, 6) is 0.218. The van der Waals surface area contributed by atoms with E-state index in [1.165, 1.54) is 0 Å². The van der Waals surface area contributed by atoms with E-state index < -0.39 is 5.60 Å². The zero-order chi connectivity index (χ0) is 13.6. The summed E-state index contributed by atoms with van der Waals surface area (Å²) < 4.78 is 4.94. The molecule has 0 aliphatic carbocycles. The summed E-state index contributed by atoms with van der Waals surface area (Å²) in [6.45, 7) is 8.16. The van der Waals surface area contributed by atoms with Gasteiger partial charge < -0.3 is 14.7 Å². The summed E-state index contributed by atoms with van der Waals surface area (Å²) in [5.41, 5.74) is -0.662. The fourth-order valence-corrected chi connectivity index (χ4v) is 2.23. The molecule has 0 saturated carbocycles. The van der Waals surface area contributed by atoms with Crippen molar-refractivity contribution < 1.29 is 14.6 Å². The van der Waals surface area contributed by atoms with Crippen molar-refractivity contribution in [2.24, 2.45) is 0 Å². The highest BCUT2D eigenvalue weighted by molar-refractivity contribution is 5.76. The molecule has 0 unspecified atom stereocenters. The van der Waals surface area contributed by atoms with Crippen LogP contribution in [-0.2, 0) is 9.53 Å². The van der Waals surface area contributed by atoms with E-state index in [0.29, 0.717) is 19.6 Å². The maximum Gasteiger partial charge on any atom is 0.222 e. The molecule has 5 nitrogen and oxygen atoms in total. The second-order valence-electron chi connectivity index (χ2n) is 5.57. The Balaban J connectivity index is 2.24. The molecule has 1 rings (SSSR count). The van der Waals surface area contributed by atoms with Crippen molar-refractivity contribution in [3.05, 3.63) is 0 Å². The van der Waals surface area contributed by atoms with E-state index >= 15 is 0 Å². The number of rotatable bonds is 6. The minimum Gasteiger partial charge on any atom is -0.389 e. The number of ether oxygens (including phenoxy) is 1. The van der Waals surface area contributed by atoms with Crippen LogP contribution < -0.4 is 0 Å². The molecule has 1 saturated heterocycles. The summed E-state index contributed by atoms with van der Waals surface area (Å²) >= 11 is 0. The lowest BCUT2D eigenvalue weighted by molar-refractivity contribution is -0.133. The molecular weight excluding hydrogens is 232 g/mol. The first kappa shape index (κ1) is 15.4. The van der Waals surface area contributed by atoms with Crippen LogP contribution in [0.1, 0.15) is 26.7 Å². The van der Waals surface area contributed by atoms with Gasteiger partial charge in [-0.1, -0.05) is 0 Å². The molecule has 18 heavy (non-hydrogen) atoms. The van der Waals surface area contributed by atoms with Crippen molar-refractivity contribution in [2.45, 2.75) is 32.3 Å². The Hall–Kier alpha value is -0.650. The van der Waals surface area contributed by atoms with Gasteiger partial charge in [0.05, 0.1) is 5.60 Å². The Morgan fingerprint density at radius 2 is 1.89 bits per heavy atom. The quantitative estimate of drug-likeness (QED) is 0.698. The van der Waals surface area contributed by atoms with Crippen LogP contribution >= 0.6 is 0 Å². The largest absolute Gasteiger partial charge is 0.389 e. The third-order valence-corrected chi connectivity index (χ3v) is 3.07. The van der Waals surface area contributed by atoms with E-state index in [1.54, 1.807) is 7.11 Å². The number of piperazine rings is 1. The highest BCUT2D eigenvalue weighted by Gasteiger charge is 2.24. The van der Waals surface area contributed by atoms with E-state index in [4.69, 9.17) is 4.74 Å². The molecule has 0 aromatic carbocycles. The highest BCUT2D eigenvalue weighted by atomic mass is 16.5. The summed E-state index contributed by atoms with van der Waals surface area (Å²) in [4.78, 5) is 16.0. The molecule has 0 spiro atoms. The first-order valence-electron chi connectivity index (χ1n) is 6.64. The van der Waals surface area contributed by atoms with Crippen molar-refractivity contribution in [1.29, 1.82) is 0 Å². The van der Waals surface area contributed by atoms with Crippen molar-refractivity contribution in [2.75, 3.05) is 46.4 Å². The van der Waals surface area contributed by atoms with Crippen molar-refractivity contribution in [3.8, 4) is 0 Å². The third kappa shape index (κ3) is 5.80. The Labute approximate surface area is 110 Å². The van der Waals surface area contributed by atoms with Gasteiger partial charge in [0.1, 0.15) is 0 Å². The molecule has 0 aromatic heterocycles. The Morgan fingerprint density at radius 1 is 1.28 bits per heavy atom. The van der Waals surface area contributed by atoms with Gasteiger partial charge in [-0.2, -0.15) is 0 Å². The molecule has 0 aromatic rings. The van der Waals surface area contributed by atoms with E-state index in [1.807, 2.05) is 18.7 Å². The summed E-state index contributed by atoms with van der Waals surface area (Å²) in [7, 11) is 1.65. The van der Waals surface area contributed by atoms with Gasteiger partial charge in [-0.15, -0.1) is 0 Å². The molecule has 1 heterocycles. The number of carbonyl (C=O) groups is 1. The van der Waals surface area contributed by atoms with Crippen molar-refractivity contribution in [3.63, 3.8) is 0 Å². The number of aliphatic hydroxyl groups is 1. The lowest BCUT2D eigenvalue weighted by Crippen LogP contribution is -2.51. The van der Waals surface area contributed by atoms with Crippen LogP contribution in [0.15, 0.2) is 0 Å². The number of hydrogen-bond donors (Lipinski definition) is 1. The van der Waals surface area contributed by atoms with Crippen LogP contribution in [0.5, 0.6) is 0 Å². The number of methoxy groups -OCH3 is 1. The van der Waals surface area contributed by atoms with Crippen LogP contribution in [0.25, 0.3) is 0 Å². The molecule has 1 N–H and O–H groups in total. The number of nitrogens with zero attached hydrogens (tertiary/aromatic N) is 2. The monoisotopic (exact) mass is 258 g/mol. The molecule has 1 aliphatic heterocycles. The van der Waals surface area contributed by atoms with Crippen LogP contribution in [0, 0.1) is 0 Å². The lowest BCUT2D eigenvalue weighted by atomic mass is 10.1. The lowest BCUT2D eigenvalue weighted by Gasteiger charge is -2.37. The Bertz CT molecular complexity index is 255. The average molecular weight is 258 g/mol. The normalized spacial score (nSPS) is 18.1. The van der Waals surface area contributed by atoms with Gasteiger partial charge in [-0.05, 0) is 20.3 Å². The molecule has 106 valence electrons. The molecular formula is C13H26N2O3. The minimum absolute atomic E-state index is 0.218. The Kier molecular flexibility index (Phi) is 6.05. The smallest absolute Gasteiger partial charge is 0.222 e. The fourth-order valence-electron chi connectivity index (χ4n) is 2.23. The van der Waals surface area contributed by atoms with Crippen LogP contribution in [0.3, 0.4) is 0 Å². The fraction of sp³-hybridized carbons (Fsp3) is 0.923. The van der Waals surface area contributed by atoms with E-state index in [-0.39, 0.29) is 5.91 Å². The third-order valence-electron chi connectivity index (χ3n) is 3.07. The number of hydrogen-bond acceptors (Lipinski definition) is 4. The molecule has 1 amide bonds. The molecule has 0 radical (unpaired) electrons. The number of carbonyl (C=O) groups excluding carboxylic acids is 1. The summed E-state index contributed by atoms with van der Waals surface area (Å²) in [5, 5.41) is 9.75. The molecule has 0 bridgehead atoms. The van der Waals surface area contributed by atoms with Gasteiger partial charge >= 0.3 is 0 Å². The first-order chi connectivity index (χ1) is 8.42. The standard InChI is InChI=1S/C13H26N2O3/c1-13(2,17)11-14-6-8-15(9-7-14)12(16)5-4-10-18-3/h17H,4-11H2,1-3H3. The van der Waals surface area contributed by atoms with Crippen molar-refractivity contribution >= 4 is 5.91 Å². The van der Waals surface area contributed by atoms with Crippen LogP contribution in [0.4, 0.5) is 0 Å². The highest BCUT2D eigenvalue weighted by Crippen LogP contribution is 2.09. The second kappa shape index (κ2) is 7.07.